The molecule has 2 nitrogen and oxygen atoms in total. The second-order valence-electron chi connectivity index (χ2n) is 14.4. The van der Waals surface area contributed by atoms with Crippen molar-refractivity contribution in [3.05, 3.63) is 210 Å². The number of aromatic nitrogens is 1. The maximum atomic E-state index is 7.22. The highest BCUT2D eigenvalue weighted by atomic mass is 16.5. The first-order valence-corrected chi connectivity index (χ1v) is 18.3. The Balaban J connectivity index is 1.19. The molecule has 1 aliphatic carbocycles. The molecule has 0 fully saturated rings. The standard InChI is InChI=1S/C51H31NO/c1-2-13-35-31-36(22-21-32(35)11-1)33-23-26-37(27-24-33)52-48-38-14-4-3-12-34(38)25-28-41(48)42-29-30-46-50(49(42)52)53-47-20-10-9-19-45(47)51(46)43-17-7-5-15-39(43)40-16-6-8-18-44(40)51/h1-31H. The molecule has 0 radical (unpaired) electrons. The van der Waals surface area contributed by atoms with Gasteiger partial charge < -0.3 is 9.30 Å². The van der Waals surface area contributed by atoms with Crippen LogP contribution in [0.4, 0.5) is 0 Å². The molecule has 2 heterocycles. The van der Waals surface area contributed by atoms with E-state index in [1.165, 1.54) is 82.3 Å². The second-order valence-corrected chi connectivity index (χ2v) is 14.4. The molecule has 2 heteroatoms. The third-order valence-corrected chi connectivity index (χ3v) is 11.8. The van der Waals surface area contributed by atoms with Crippen LogP contribution < -0.4 is 4.74 Å². The summed E-state index contributed by atoms with van der Waals surface area (Å²) in [5.74, 6) is 1.80. The maximum Gasteiger partial charge on any atom is 0.156 e. The van der Waals surface area contributed by atoms with Gasteiger partial charge in [-0.3, -0.25) is 0 Å². The molecule has 0 amide bonds. The first-order valence-electron chi connectivity index (χ1n) is 18.3. The highest BCUT2D eigenvalue weighted by Crippen LogP contribution is 2.63. The van der Waals surface area contributed by atoms with E-state index in [1.54, 1.807) is 0 Å². The van der Waals surface area contributed by atoms with E-state index >= 15 is 0 Å². The van der Waals surface area contributed by atoms with Gasteiger partial charge in [0.15, 0.2) is 5.75 Å². The average molecular weight is 674 g/mol. The minimum absolute atomic E-state index is 0.533. The average Bonchev–Trinajstić information content (AvgIpc) is 3.73. The molecular formula is C51H31NO. The summed E-state index contributed by atoms with van der Waals surface area (Å²) >= 11 is 0. The monoisotopic (exact) mass is 673 g/mol. The number of para-hydroxylation sites is 1. The number of hydrogen-bond acceptors (Lipinski definition) is 1. The topological polar surface area (TPSA) is 14.2 Å². The Kier molecular flexibility index (Phi) is 5.73. The highest BCUT2D eigenvalue weighted by molar-refractivity contribution is 6.20. The van der Waals surface area contributed by atoms with Crippen molar-refractivity contribution in [3.8, 4) is 39.4 Å². The summed E-state index contributed by atoms with van der Waals surface area (Å²) in [5, 5.41) is 7.32. The molecule has 2 aliphatic rings. The minimum atomic E-state index is -0.533. The van der Waals surface area contributed by atoms with Crippen LogP contribution in [0, 0.1) is 0 Å². The molecule has 1 spiro atoms. The Morgan fingerprint density at radius 1 is 0.377 bits per heavy atom. The first-order chi connectivity index (χ1) is 26.3. The molecule has 0 atom stereocenters. The van der Waals surface area contributed by atoms with Crippen molar-refractivity contribution < 1.29 is 4.74 Å². The summed E-state index contributed by atoms with van der Waals surface area (Å²) in [4.78, 5) is 0. The van der Waals surface area contributed by atoms with Gasteiger partial charge in [0.25, 0.3) is 0 Å². The van der Waals surface area contributed by atoms with Crippen molar-refractivity contribution in [2.75, 3.05) is 0 Å². The van der Waals surface area contributed by atoms with Crippen LogP contribution in [0.5, 0.6) is 11.5 Å². The van der Waals surface area contributed by atoms with Crippen LogP contribution >= 0.6 is 0 Å². The van der Waals surface area contributed by atoms with E-state index in [9.17, 15) is 0 Å². The third-order valence-electron chi connectivity index (χ3n) is 11.8. The number of ether oxygens (including phenoxy) is 1. The van der Waals surface area contributed by atoms with Crippen molar-refractivity contribution in [2.45, 2.75) is 5.41 Å². The van der Waals surface area contributed by atoms with Crippen molar-refractivity contribution in [2.24, 2.45) is 0 Å². The fourth-order valence-electron chi connectivity index (χ4n) is 9.60. The third kappa shape index (κ3) is 3.77. The SMILES string of the molecule is c1ccc2c(c1)Oc1c(ccc3c4ccc5ccccc5c4n(-c4ccc(-c5ccc6ccccc6c5)cc4)c13)C21c2ccccc2-c2ccccc21. The van der Waals surface area contributed by atoms with Gasteiger partial charge in [0, 0.05) is 33.0 Å². The van der Waals surface area contributed by atoms with Gasteiger partial charge in [-0.25, -0.2) is 0 Å². The van der Waals surface area contributed by atoms with Gasteiger partial charge in [0.2, 0.25) is 0 Å². The van der Waals surface area contributed by atoms with E-state index in [0.717, 1.165) is 22.7 Å². The highest BCUT2D eigenvalue weighted by Gasteiger charge is 2.51. The Labute approximate surface area is 306 Å². The molecule has 53 heavy (non-hydrogen) atoms. The smallest absolute Gasteiger partial charge is 0.156 e. The van der Waals surface area contributed by atoms with Crippen LogP contribution in [0.1, 0.15) is 22.3 Å². The Morgan fingerprint density at radius 2 is 0.962 bits per heavy atom. The zero-order valence-corrected chi connectivity index (χ0v) is 28.8. The summed E-state index contributed by atoms with van der Waals surface area (Å²) in [7, 11) is 0. The summed E-state index contributed by atoms with van der Waals surface area (Å²) < 4.78 is 9.69. The fraction of sp³-hybridized carbons (Fsp3) is 0.0196. The van der Waals surface area contributed by atoms with E-state index in [4.69, 9.17) is 4.74 Å². The van der Waals surface area contributed by atoms with Gasteiger partial charge in [0.1, 0.15) is 5.75 Å². The van der Waals surface area contributed by atoms with Gasteiger partial charge in [-0.15, -0.1) is 0 Å². The molecule has 1 aromatic heterocycles. The zero-order chi connectivity index (χ0) is 34.7. The van der Waals surface area contributed by atoms with Gasteiger partial charge in [-0.1, -0.05) is 164 Å². The van der Waals surface area contributed by atoms with Crippen LogP contribution in [0.15, 0.2) is 188 Å². The van der Waals surface area contributed by atoms with E-state index < -0.39 is 5.41 Å². The Hall–Kier alpha value is -6.90. The van der Waals surface area contributed by atoms with Gasteiger partial charge >= 0.3 is 0 Å². The molecule has 0 N–H and O–H groups in total. The lowest BCUT2D eigenvalue weighted by Gasteiger charge is -2.39. The summed E-state index contributed by atoms with van der Waals surface area (Å²) in [5.41, 5.74) is 12.7. The molecule has 0 bridgehead atoms. The Bertz CT molecular complexity index is 3100. The predicted molar refractivity (Wildman–Crippen MR) is 219 cm³/mol. The Morgan fingerprint density at radius 3 is 1.75 bits per heavy atom. The normalized spacial score (nSPS) is 13.6. The van der Waals surface area contributed by atoms with Crippen LogP contribution in [-0.2, 0) is 5.41 Å². The van der Waals surface area contributed by atoms with Gasteiger partial charge in [-0.05, 0) is 73.8 Å². The number of fused-ring (bicyclic) bond motifs is 16. The molecule has 0 saturated carbocycles. The maximum absolute atomic E-state index is 7.22. The lowest BCUT2D eigenvalue weighted by atomic mass is 9.66. The second kappa shape index (κ2) is 10.6. The van der Waals surface area contributed by atoms with Crippen molar-refractivity contribution >= 4 is 43.4 Å². The fourth-order valence-corrected chi connectivity index (χ4v) is 9.60. The van der Waals surface area contributed by atoms with Gasteiger partial charge in [-0.2, -0.15) is 0 Å². The lowest BCUT2D eigenvalue weighted by molar-refractivity contribution is 0.440. The first kappa shape index (κ1) is 28.8. The molecule has 1 aliphatic heterocycles. The van der Waals surface area contributed by atoms with Crippen molar-refractivity contribution in [1.29, 1.82) is 0 Å². The molecule has 0 saturated heterocycles. The van der Waals surface area contributed by atoms with Crippen molar-refractivity contribution in [3.63, 3.8) is 0 Å². The minimum Gasteiger partial charge on any atom is -0.454 e. The van der Waals surface area contributed by atoms with Crippen LogP contribution in [0.3, 0.4) is 0 Å². The van der Waals surface area contributed by atoms with E-state index in [2.05, 4.69) is 193 Å². The number of nitrogens with zero attached hydrogens (tertiary/aromatic N) is 1. The molecule has 246 valence electrons. The summed E-state index contributed by atoms with van der Waals surface area (Å²) in [6.07, 6.45) is 0. The quantitative estimate of drug-likeness (QED) is 0.178. The predicted octanol–water partition coefficient (Wildman–Crippen LogP) is 13.2. The van der Waals surface area contributed by atoms with Gasteiger partial charge in [0.05, 0.1) is 16.4 Å². The van der Waals surface area contributed by atoms with Crippen LogP contribution in [0.25, 0.3) is 71.3 Å². The largest absolute Gasteiger partial charge is 0.454 e. The molecule has 0 unspecified atom stereocenters. The summed E-state index contributed by atoms with van der Waals surface area (Å²) in [6.45, 7) is 0. The molecule has 10 aromatic rings. The number of hydrogen-bond donors (Lipinski definition) is 0. The van der Waals surface area contributed by atoms with E-state index in [1.807, 2.05) is 0 Å². The van der Waals surface area contributed by atoms with E-state index in [-0.39, 0.29) is 0 Å². The number of rotatable bonds is 2. The van der Waals surface area contributed by atoms with Crippen molar-refractivity contribution in [1.82, 2.24) is 4.57 Å². The molecule has 12 rings (SSSR count). The van der Waals surface area contributed by atoms with Crippen LogP contribution in [-0.4, -0.2) is 4.57 Å². The zero-order valence-electron chi connectivity index (χ0n) is 28.8. The van der Waals surface area contributed by atoms with E-state index in [0.29, 0.717) is 0 Å². The molecular weight excluding hydrogens is 643 g/mol. The van der Waals surface area contributed by atoms with Crippen LogP contribution in [0.2, 0.25) is 0 Å². The number of benzene rings is 9. The molecule has 9 aromatic carbocycles. The summed E-state index contributed by atoms with van der Waals surface area (Å²) in [6, 6.07) is 68.9. The lowest BCUT2D eigenvalue weighted by Crippen LogP contribution is -2.32.